The molecule has 0 bridgehead atoms. The fourth-order valence-corrected chi connectivity index (χ4v) is 5.41. The molecule has 0 aromatic heterocycles. The average molecular weight is 441 g/mol. The third-order valence-electron chi connectivity index (χ3n) is 7.20. The second-order valence-corrected chi connectivity index (χ2v) is 9.29. The van der Waals surface area contributed by atoms with E-state index in [-0.39, 0.29) is 24.0 Å². The summed E-state index contributed by atoms with van der Waals surface area (Å²) in [6.45, 7) is 1.67. The molecule has 5 rings (SSSR count). The van der Waals surface area contributed by atoms with E-state index < -0.39 is 0 Å². The van der Waals surface area contributed by atoms with Crippen molar-refractivity contribution in [2.45, 2.75) is 44.2 Å². The fraction of sp³-hybridized carbons (Fsp3) is 0.407. The summed E-state index contributed by atoms with van der Waals surface area (Å²) in [6, 6.07) is 19.9. The molecule has 4 unspecified atom stereocenters. The van der Waals surface area contributed by atoms with E-state index in [0.717, 1.165) is 43.7 Å². The molecule has 2 aromatic rings. The number of piperidine rings is 1. The van der Waals surface area contributed by atoms with Crippen LogP contribution in [0.5, 0.6) is 0 Å². The Labute approximate surface area is 195 Å². The van der Waals surface area contributed by atoms with Crippen LogP contribution >= 0.6 is 0 Å². The molecule has 1 saturated heterocycles. The predicted octanol–water partition coefficient (Wildman–Crippen LogP) is 4.71. The SMILES string of the molecule is N#Cc1ccc(N2CCC3C(C=NC4CCCCC4C=[N+]3C(=O)Nc3ccccc3)C2)cc1. The summed E-state index contributed by atoms with van der Waals surface area (Å²) in [5.74, 6) is 0.462. The molecule has 3 aliphatic rings. The minimum Gasteiger partial charge on any atom is -0.371 e. The van der Waals surface area contributed by atoms with Gasteiger partial charge in [-0.15, -0.1) is 0 Å². The number of aliphatic imine (C=N–C) groups is 1. The molecule has 2 fully saturated rings. The zero-order valence-electron chi connectivity index (χ0n) is 18.8. The lowest BCUT2D eigenvalue weighted by Crippen LogP contribution is -2.53. The van der Waals surface area contributed by atoms with Gasteiger partial charge in [-0.2, -0.15) is 14.6 Å². The zero-order valence-corrected chi connectivity index (χ0v) is 18.8. The molecule has 0 spiro atoms. The maximum Gasteiger partial charge on any atom is 0.496 e. The van der Waals surface area contributed by atoms with Gasteiger partial charge in [0.05, 0.1) is 29.8 Å². The Hall–Kier alpha value is -3.46. The number of anilines is 2. The first-order valence-corrected chi connectivity index (χ1v) is 12.0. The maximum absolute atomic E-state index is 13.5. The lowest BCUT2D eigenvalue weighted by atomic mass is 9.83. The molecule has 2 aliphatic heterocycles. The van der Waals surface area contributed by atoms with Crippen molar-refractivity contribution in [2.24, 2.45) is 16.8 Å². The van der Waals surface area contributed by atoms with Crippen LogP contribution in [0.3, 0.4) is 0 Å². The minimum absolute atomic E-state index is 0.0531. The molecule has 0 radical (unpaired) electrons. The van der Waals surface area contributed by atoms with Crippen LogP contribution in [0.4, 0.5) is 16.2 Å². The van der Waals surface area contributed by atoms with Gasteiger partial charge < -0.3 is 4.90 Å². The Morgan fingerprint density at radius 1 is 1.03 bits per heavy atom. The molecule has 2 aromatic carbocycles. The zero-order chi connectivity index (χ0) is 22.6. The lowest BCUT2D eigenvalue weighted by Gasteiger charge is -2.39. The van der Waals surface area contributed by atoms with E-state index >= 15 is 0 Å². The topological polar surface area (TPSA) is 71.5 Å². The number of para-hydroxylation sites is 1. The first-order chi connectivity index (χ1) is 16.2. The number of fused-ring (bicyclic) bond motifs is 2. The van der Waals surface area contributed by atoms with Crippen molar-refractivity contribution in [3.8, 4) is 6.07 Å². The Balaban J connectivity index is 1.42. The molecule has 1 aliphatic carbocycles. The second-order valence-electron chi connectivity index (χ2n) is 9.29. The van der Waals surface area contributed by atoms with Gasteiger partial charge in [0.1, 0.15) is 11.7 Å². The molecular weight excluding hydrogens is 410 g/mol. The normalized spacial score (nSPS) is 26.6. The number of amides is 2. The number of carbonyl (C=O) groups excluding carboxylic acids is 1. The van der Waals surface area contributed by atoms with Crippen LogP contribution in [0, 0.1) is 23.2 Å². The summed E-state index contributed by atoms with van der Waals surface area (Å²) in [5.41, 5.74) is 2.60. The van der Waals surface area contributed by atoms with Crippen LogP contribution in [0.1, 0.15) is 37.7 Å². The van der Waals surface area contributed by atoms with Crippen LogP contribution < -0.4 is 10.2 Å². The molecule has 168 valence electrons. The highest BCUT2D eigenvalue weighted by atomic mass is 16.2. The van der Waals surface area contributed by atoms with Crippen LogP contribution in [0.2, 0.25) is 0 Å². The van der Waals surface area contributed by atoms with Crippen molar-refractivity contribution in [3.63, 3.8) is 0 Å². The molecule has 1 saturated carbocycles. The number of nitriles is 1. The summed E-state index contributed by atoms with van der Waals surface area (Å²) < 4.78 is 1.99. The van der Waals surface area contributed by atoms with Gasteiger partial charge in [-0.1, -0.05) is 31.0 Å². The molecule has 6 heteroatoms. The van der Waals surface area contributed by atoms with Crippen LogP contribution in [0.15, 0.2) is 59.6 Å². The fourth-order valence-electron chi connectivity index (χ4n) is 5.41. The van der Waals surface area contributed by atoms with Crippen molar-refractivity contribution in [1.29, 1.82) is 5.26 Å². The van der Waals surface area contributed by atoms with Crippen LogP contribution in [-0.4, -0.2) is 48.2 Å². The molecule has 2 heterocycles. The van der Waals surface area contributed by atoms with Crippen molar-refractivity contribution in [1.82, 2.24) is 0 Å². The van der Waals surface area contributed by atoms with Crippen LogP contribution in [0.25, 0.3) is 0 Å². The Bertz CT molecular complexity index is 1090. The number of hydrogen-bond acceptors (Lipinski definition) is 4. The van der Waals surface area contributed by atoms with E-state index in [1.54, 1.807) is 0 Å². The minimum atomic E-state index is -0.0531. The average Bonchev–Trinajstić information content (AvgIpc) is 2.86. The summed E-state index contributed by atoms with van der Waals surface area (Å²) in [5, 5.41) is 12.2. The van der Waals surface area contributed by atoms with E-state index in [1.165, 1.54) is 12.8 Å². The van der Waals surface area contributed by atoms with E-state index in [4.69, 9.17) is 10.3 Å². The summed E-state index contributed by atoms with van der Waals surface area (Å²) >= 11 is 0. The predicted molar refractivity (Wildman–Crippen MR) is 131 cm³/mol. The second kappa shape index (κ2) is 9.58. The number of carbonyl (C=O) groups is 1. The maximum atomic E-state index is 13.5. The summed E-state index contributed by atoms with van der Waals surface area (Å²) in [6.07, 6.45) is 9.77. The van der Waals surface area contributed by atoms with Crippen molar-refractivity contribution in [3.05, 3.63) is 60.2 Å². The lowest BCUT2D eigenvalue weighted by molar-refractivity contribution is -0.475. The van der Waals surface area contributed by atoms with Crippen molar-refractivity contribution < 1.29 is 9.37 Å². The Morgan fingerprint density at radius 3 is 2.61 bits per heavy atom. The van der Waals surface area contributed by atoms with Gasteiger partial charge in [-0.05, 0) is 49.2 Å². The summed E-state index contributed by atoms with van der Waals surface area (Å²) in [7, 11) is 0. The van der Waals surface area contributed by atoms with Gasteiger partial charge in [0.2, 0.25) is 0 Å². The first kappa shape index (κ1) is 21.4. The van der Waals surface area contributed by atoms with Gasteiger partial charge in [-0.3, -0.25) is 4.99 Å². The van der Waals surface area contributed by atoms with Crippen molar-refractivity contribution >= 4 is 29.8 Å². The van der Waals surface area contributed by atoms with Crippen LogP contribution in [-0.2, 0) is 0 Å². The number of nitrogens with zero attached hydrogens (tertiary/aromatic N) is 4. The van der Waals surface area contributed by atoms with E-state index in [0.29, 0.717) is 11.5 Å². The smallest absolute Gasteiger partial charge is 0.371 e. The Morgan fingerprint density at radius 2 is 1.82 bits per heavy atom. The molecule has 4 atom stereocenters. The largest absolute Gasteiger partial charge is 0.496 e. The van der Waals surface area contributed by atoms with Gasteiger partial charge in [-0.25, -0.2) is 5.32 Å². The highest BCUT2D eigenvalue weighted by Gasteiger charge is 2.40. The molecule has 6 nitrogen and oxygen atoms in total. The highest BCUT2D eigenvalue weighted by molar-refractivity contribution is 5.86. The third-order valence-corrected chi connectivity index (χ3v) is 7.20. The van der Waals surface area contributed by atoms with E-state index in [2.05, 4.69) is 28.7 Å². The third kappa shape index (κ3) is 4.68. The van der Waals surface area contributed by atoms with E-state index in [1.807, 2.05) is 59.2 Å². The molecular formula is C27H30N5O+. The number of benzene rings is 2. The number of rotatable bonds is 2. The quantitative estimate of drug-likeness (QED) is 0.688. The monoisotopic (exact) mass is 440 g/mol. The number of nitrogens with one attached hydrogen (secondary N) is 1. The summed E-state index contributed by atoms with van der Waals surface area (Å²) in [4.78, 5) is 20.9. The highest BCUT2D eigenvalue weighted by Crippen LogP contribution is 2.31. The number of urea groups is 1. The first-order valence-electron chi connectivity index (χ1n) is 12.0. The van der Waals surface area contributed by atoms with Gasteiger partial charge in [0.25, 0.3) is 0 Å². The van der Waals surface area contributed by atoms with E-state index in [9.17, 15) is 4.79 Å². The van der Waals surface area contributed by atoms with Gasteiger partial charge in [0.15, 0.2) is 0 Å². The standard InChI is InChI=1S/C27H29N5O/c28-16-20-10-12-24(13-11-20)31-15-14-26-22(18-31)17-29-25-9-5-4-6-21(25)19-32(26)27(33)30-23-7-2-1-3-8-23/h1-3,7-8,10-13,17,19,21-22,25-26H,4-6,9,14-15,18H2/p+1. The molecule has 1 N–H and O–H groups in total. The number of hydrogen-bond donors (Lipinski definition) is 1. The van der Waals surface area contributed by atoms with Crippen molar-refractivity contribution in [2.75, 3.05) is 23.3 Å². The van der Waals surface area contributed by atoms with Gasteiger partial charge in [0, 0.05) is 37.3 Å². The molecule has 33 heavy (non-hydrogen) atoms. The van der Waals surface area contributed by atoms with Gasteiger partial charge >= 0.3 is 6.03 Å². The Kier molecular flexibility index (Phi) is 6.21. The molecule has 2 amide bonds.